The van der Waals surface area contributed by atoms with Crippen LogP contribution in [0.25, 0.3) is 33.6 Å². The van der Waals surface area contributed by atoms with Gasteiger partial charge in [-0.2, -0.15) is 0 Å². The molecule has 13 heteroatoms. The lowest BCUT2D eigenvalue weighted by Crippen LogP contribution is -2.44. The van der Waals surface area contributed by atoms with E-state index in [0.717, 1.165) is 48.2 Å². The quantitative estimate of drug-likeness (QED) is 0.0748. The Balaban J connectivity index is 0.961. The van der Waals surface area contributed by atoms with Gasteiger partial charge in [-0.15, -0.1) is 0 Å². The third kappa shape index (κ3) is 10.4. The molecule has 1 aliphatic heterocycles. The highest BCUT2D eigenvalue weighted by Gasteiger charge is 2.38. The van der Waals surface area contributed by atoms with Gasteiger partial charge in [0.1, 0.15) is 29.5 Å². The van der Waals surface area contributed by atoms with Crippen LogP contribution in [0.1, 0.15) is 87.9 Å². The maximum atomic E-state index is 15.8. The minimum Gasteiger partial charge on any atom is -0.348 e. The number of imidazole rings is 2. The van der Waals surface area contributed by atoms with Gasteiger partial charge in [-0.05, 0) is 79.0 Å². The first-order valence-electron chi connectivity index (χ1n) is 22.1. The number of carbonyl (C=O) groups excluding carboxylic acids is 2. The number of aromatic nitrogens is 4. The second-order valence-electron chi connectivity index (χ2n) is 16.0. The molecule has 2 amide bonds. The van der Waals surface area contributed by atoms with Crippen molar-refractivity contribution < 1.29 is 22.8 Å². The second kappa shape index (κ2) is 20.4. The summed E-state index contributed by atoms with van der Waals surface area (Å²) in [6.07, 6.45) is 4.36. The van der Waals surface area contributed by atoms with Gasteiger partial charge in [-0.1, -0.05) is 119 Å². The van der Waals surface area contributed by atoms with Crippen LogP contribution in [0.4, 0.5) is 13.2 Å². The second-order valence-corrected chi connectivity index (χ2v) is 16.0. The summed E-state index contributed by atoms with van der Waals surface area (Å²) < 4.78 is 46.0. The largest absolute Gasteiger partial charge is 0.348 e. The zero-order valence-electron chi connectivity index (χ0n) is 36.5. The van der Waals surface area contributed by atoms with Crippen molar-refractivity contribution in [2.45, 2.75) is 77.4 Å². The van der Waals surface area contributed by atoms with Gasteiger partial charge in [0.25, 0.3) is 5.92 Å². The summed E-state index contributed by atoms with van der Waals surface area (Å²) in [5, 5.41) is 2.50. The van der Waals surface area contributed by atoms with Crippen LogP contribution in [0.3, 0.4) is 0 Å². The maximum Gasteiger partial charge on any atom is 0.265 e. The molecule has 7 rings (SSSR count). The molecule has 330 valence electrons. The van der Waals surface area contributed by atoms with Crippen LogP contribution in [0.5, 0.6) is 0 Å². The van der Waals surface area contributed by atoms with Crippen molar-refractivity contribution in [3.05, 3.63) is 144 Å². The number of hydrogen-bond donors (Lipinski definition) is 3. The standard InChI is InChI=1S/C50H57F3N8O2/c1-5-59(6-2)45(36-16-11-9-12-17-36)48(62)56-33-50(52,53)28-27-44-54-31-41(57-44)35-23-21-34(22-24-35)38-25-26-39(40(51)30-38)42-32-55-47(58-42)43-20-15-29-61(43)49(63)46(60(7-3)8-4)37-18-13-10-14-19-37/h9-14,16-19,21-26,30-32,43,45-46H,5-8,15,20,27-29,33H2,1-4H3,(H,54,57)(H,55,58)(H,56,62)/t43-,45+,46?/m0/s1. The Morgan fingerprint density at radius 1 is 0.762 bits per heavy atom. The predicted molar refractivity (Wildman–Crippen MR) is 241 cm³/mol. The van der Waals surface area contributed by atoms with E-state index in [1.54, 1.807) is 18.5 Å². The van der Waals surface area contributed by atoms with Crippen LogP contribution in [0.2, 0.25) is 0 Å². The number of H-pyrrole nitrogens is 2. The molecular weight excluding hydrogens is 802 g/mol. The molecule has 0 aliphatic carbocycles. The van der Waals surface area contributed by atoms with Crippen molar-refractivity contribution in [2.75, 3.05) is 39.3 Å². The molecule has 0 radical (unpaired) electrons. The molecule has 3 heterocycles. The van der Waals surface area contributed by atoms with Gasteiger partial charge in [0.2, 0.25) is 11.8 Å². The molecule has 2 aromatic heterocycles. The first-order chi connectivity index (χ1) is 30.5. The summed E-state index contributed by atoms with van der Waals surface area (Å²) in [7, 11) is 0. The lowest BCUT2D eigenvalue weighted by Gasteiger charge is -2.34. The van der Waals surface area contributed by atoms with Gasteiger partial charge < -0.3 is 20.2 Å². The van der Waals surface area contributed by atoms with Crippen LogP contribution in [0.15, 0.2) is 116 Å². The minimum absolute atomic E-state index is 0.00895. The Hall–Kier alpha value is -6.05. The van der Waals surface area contributed by atoms with E-state index < -0.39 is 42.7 Å². The van der Waals surface area contributed by atoms with E-state index in [2.05, 4.69) is 44.0 Å². The van der Waals surface area contributed by atoms with Gasteiger partial charge in [-0.3, -0.25) is 19.4 Å². The molecule has 10 nitrogen and oxygen atoms in total. The molecule has 1 aliphatic rings. The number of amides is 2. The number of hydrogen-bond acceptors (Lipinski definition) is 6. The minimum atomic E-state index is -3.14. The van der Waals surface area contributed by atoms with Crippen LogP contribution in [-0.2, 0) is 16.0 Å². The van der Waals surface area contributed by atoms with Crippen LogP contribution in [0, 0.1) is 5.82 Å². The van der Waals surface area contributed by atoms with Crippen molar-refractivity contribution in [1.29, 1.82) is 0 Å². The summed E-state index contributed by atoms with van der Waals surface area (Å²) in [6.45, 7) is 10.5. The summed E-state index contributed by atoms with van der Waals surface area (Å²) >= 11 is 0. The smallest absolute Gasteiger partial charge is 0.265 e. The van der Waals surface area contributed by atoms with Crippen molar-refractivity contribution in [3.63, 3.8) is 0 Å². The van der Waals surface area contributed by atoms with Gasteiger partial charge >= 0.3 is 0 Å². The number of nitrogens with one attached hydrogen (secondary N) is 3. The molecule has 0 bridgehead atoms. The highest BCUT2D eigenvalue weighted by molar-refractivity contribution is 5.84. The van der Waals surface area contributed by atoms with E-state index >= 15 is 13.2 Å². The predicted octanol–water partition coefficient (Wildman–Crippen LogP) is 9.79. The molecule has 4 aromatic carbocycles. The van der Waals surface area contributed by atoms with E-state index in [0.29, 0.717) is 53.8 Å². The number of halogens is 3. The zero-order chi connectivity index (χ0) is 44.5. The topological polar surface area (TPSA) is 113 Å². The lowest BCUT2D eigenvalue weighted by atomic mass is 10.0. The van der Waals surface area contributed by atoms with Crippen molar-refractivity contribution >= 4 is 11.8 Å². The van der Waals surface area contributed by atoms with Crippen molar-refractivity contribution in [3.8, 4) is 33.6 Å². The molecule has 3 atom stereocenters. The Bertz CT molecular complexity index is 2410. The van der Waals surface area contributed by atoms with Gasteiger partial charge in [0, 0.05) is 24.9 Å². The average molecular weight is 859 g/mol. The van der Waals surface area contributed by atoms with Crippen LogP contribution < -0.4 is 5.32 Å². The van der Waals surface area contributed by atoms with E-state index in [-0.39, 0.29) is 18.4 Å². The molecule has 3 N–H and O–H groups in total. The molecule has 6 aromatic rings. The Morgan fingerprint density at radius 3 is 1.98 bits per heavy atom. The number of nitrogens with zero attached hydrogens (tertiary/aromatic N) is 5. The molecule has 0 saturated carbocycles. The number of alkyl halides is 2. The molecule has 0 spiro atoms. The van der Waals surface area contributed by atoms with E-state index in [1.165, 1.54) is 6.07 Å². The number of aromatic amines is 2. The van der Waals surface area contributed by atoms with Crippen LogP contribution in [-0.4, -0.2) is 91.6 Å². The van der Waals surface area contributed by atoms with Gasteiger partial charge in [-0.25, -0.2) is 23.1 Å². The van der Waals surface area contributed by atoms with Gasteiger partial charge in [0.05, 0.1) is 36.4 Å². The van der Waals surface area contributed by atoms with Crippen molar-refractivity contribution in [2.24, 2.45) is 0 Å². The number of aryl methyl sites for hydroxylation is 1. The number of benzene rings is 4. The zero-order valence-corrected chi connectivity index (χ0v) is 36.5. The van der Waals surface area contributed by atoms with Crippen molar-refractivity contribution in [1.82, 2.24) is 40.0 Å². The molecular formula is C50H57F3N8O2. The molecule has 1 fully saturated rings. The summed E-state index contributed by atoms with van der Waals surface area (Å²) in [5.41, 5.74) is 5.59. The maximum absolute atomic E-state index is 15.8. The van der Waals surface area contributed by atoms with E-state index in [4.69, 9.17) is 0 Å². The first-order valence-corrected chi connectivity index (χ1v) is 22.1. The Labute approximate surface area is 368 Å². The third-order valence-corrected chi connectivity index (χ3v) is 12.2. The number of likely N-dealkylation sites (tertiary alicyclic amines) is 1. The van der Waals surface area contributed by atoms with E-state index in [1.807, 2.05) is 115 Å². The third-order valence-electron chi connectivity index (χ3n) is 12.2. The molecule has 1 unspecified atom stereocenters. The monoisotopic (exact) mass is 858 g/mol. The SMILES string of the molecule is CCN(CC)C(C(=O)N1CCC[C@H]1c1ncc(-c2ccc(-c3ccc(-c4cnc(CCC(F)(F)CNC(=O)[C@@H](c5ccccc5)N(CC)CC)[nH]4)cc3)cc2F)[nH]1)c1ccccc1. The molecule has 63 heavy (non-hydrogen) atoms. The Kier molecular flexibility index (Phi) is 14.6. The number of rotatable bonds is 19. The Morgan fingerprint density at radius 2 is 1.35 bits per heavy atom. The van der Waals surface area contributed by atoms with Crippen LogP contribution >= 0.6 is 0 Å². The summed E-state index contributed by atoms with van der Waals surface area (Å²) in [4.78, 5) is 48.9. The van der Waals surface area contributed by atoms with E-state index in [9.17, 15) is 9.59 Å². The fourth-order valence-corrected chi connectivity index (χ4v) is 8.69. The number of likely N-dealkylation sites (N-methyl/N-ethyl adjacent to an activating group) is 2. The first kappa shape index (κ1) is 45.0. The highest BCUT2D eigenvalue weighted by atomic mass is 19.3. The fraction of sp³-hybridized carbons (Fsp3) is 0.360. The summed E-state index contributed by atoms with van der Waals surface area (Å²) in [6, 6.07) is 30.4. The normalized spacial score (nSPS) is 15.3. The molecule has 1 saturated heterocycles. The number of carbonyl (C=O) groups is 2. The lowest BCUT2D eigenvalue weighted by molar-refractivity contribution is -0.138. The average Bonchev–Trinajstić information content (AvgIpc) is 4.11. The van der Waals surface area contributed by atoms with Gasteiger partial charge in [0.15, 0.2) is 0 Å². The highest BCUT2D eigenvalue weighted by Crippen LogP contribution is 2.36. The fourth-order valence-electron chi connectivity index (χ4n) is 8.69. The summed E-state index contributed by atoms with van der Waals surface area (Å²) in [5.74, 6) is -2.91.